The number of likely N-dealkylation sites (tertiary alicyclic amines) is 1. The minimum Gasteiger partial charge on any atom is -0.480 e. The summed E-state index contributed by atoms with van der Waals surface area (Å²) in [5.74, 6) is -0.330. The zero-order valence-electron chi connectivity index (χ0n) is 19.4. The Hall–Kier alpha value is -2.39. The zero-order valence-corrected chi connectivity index (χ0v) is 20.9. The first kappa shape index (κ1) is 25.7. The van der Waals surface area contributed by atoms with Crippen molar-refractivity contribution >= 4 is 40.9 Å². The molecule has 1 aromatic heterocycles. The molecule has 0 radical (unpaired) electrons. The van der Waals surface area contributed by atoms with Gasteiger partial charge in [-0.15, -0.1) is 0 Å². The minimum atomic E-state index is -1.10. The molecule has 2 aromatic rings. The van der Waals surface area contributed by atoms with E-state index in [1.54, 1.807) is 18.2 Å². The number of halogens is 2. The molecule has 8 nitrogen and oxygen atoms in total. The van der Waals surface area contributed by atoms with E-state index >= 15 is 0 Å². The Labute approximate surface area is 215 Å². The molecule has 1 saturated heterocycles. The molecule has 3 N–H and O–H groups in total. The quantitative estimate of drug-likeness (QED) is 0.389. The molecule has 1 fully saturated rings. The molecule has 0 spiro atoms. The summed E-state index contributed by atoms with van der Waals surface area (Å²) in [5, 5.41) is 15.8. The highest BCUT2D eigenvalue weighted by molar-refractivity contribution is 6.39. The van der Waals surface area contributed by atoms with Gasteiger partial charge < -0.3 is 20.5 Å². The predicted molar refractivity (Wildman–Crippen MR) is 135 cm³/mol. The van der Waals surface area contributed by atoms with Crippen LogP contribution < -0.4 is 10.6 Å². The van der Waals surface area contributed by atoms with Crippen molar-refractivity contribution in [1.29, 1.82) is 0 Å². The second-order valence-corrected chi connectivity index (χ2v) is 9.88. The molecule has 3 heterocycles. The van der Waals surface area contributed by atoms with E-state index in [1.165, 1.54) is 5.56 Å². The summed E-state index contributed by atoms with van der Waals surface area (Å²) in [5.41, 5.74) is 2.46. The number of benzene rings is 1. The largest absolute Gasteiger partial charge is 0.480 e. The summed E-state index contributed by atoms with van der Waals surface area (Å²) < 4.78 is 5.84. The summed E-state index contributed by atoms with van der Waals surface area (Å²) >= 11 is 12.1. The molecule has 1 aromatic carbocycles. The number of hydrogen-bond donors (Lipinski definition) is 3. The third-order valence-electron chi connectivity index (χ3n) is 6.29. The number of carbonyl (C=O) groups excluding carboxylic acids is 1. The van der Waals surface area contributed by atoms with Crippen LogP contribution in [0.2, 0.25) is 10.0 Å². The highest BCUT2D eigenvalue weighted by Crippen LogP contribution is 2.24. The molecular formula is C25H30Cl2N4O4. The maximum atomic E-state index is 12.5. The Kier molecular flexibility index (Phi) is 8.83. The second-order valence-electron chi connectivity index (χ2n) is 9.06. The van der Waals surface area contributed by atoms with E-state index in [1.807, 2.05) is 4.90 Å². The molecule has 10 heteroatoms. The topological polar surface area (TPSA) is 104 Å². The first-order chi connectivity index (χ1) is 16.9. The van der Waals surface area contributed by atoms with Gasteiger partial charge in [0.1, 0.15) is 11.9 Å². The van der Waals surface area contributed by atoms with E-state index in [0.29, 0.717) is 19.1 Å². The zero-order chi connectivity index (χ0) is 24.8. The summed E-state index contributed by atoms with van der Waals surface area (Å²) in [6.45, 7) is 3.94. The molecule has 1 atom stereocenters. The fourth-order valence-corrected chi connectivity index (χ4v) is 5.00. The van der Waals surface area contributed by atoms with E-state index in [4.69, 9.17) is 32.9 Å². The normalized spacial score (nSPS) is 16.6. The number of ether oxygens (including phenoxy) is 1. The van der Waals surface area contributed by atoms with Gasteiger partial charge in [-0.3, -0.25) is 9.69 Å². The molecule has 188 valence electrons. The lowest BCUT2D eigenvalue weighted by Crippen LogP contribution is -2.56. The van der Waals surface area contributed by atoms with Crippen molar-refractivity contribution < 1.29 is 19.4 Å². The van der Waals surface area contributed by atoms with Crippen molar-refractivity contribution in [3.8, 4) is 0 Å². The van der Waals surface area contributed by atoms with Gasteiger partial charge in [0.2, 0.25) is 0 Å². The summed E-state index contributed by atoms with van der Waals surface area (Å²) in [6, 6.07) is 7.92. The Morgan fingerprint density at radius 3 is 2.74 bits per heavy atom. The van der Waals surface area contributed by atoms with Gasteiger partial charge in [-0.1, -0.05) is 35.3 Å². The van der Waals surface area contributed by atoms with Gasteiger partial charge in [-0.2, -0.15) is 0 Å². The van der Waals surface area contributed by atoms with Gasteiger partial charge in [0.05, 0.1) is 22.2 Å². The van der Waals surface area contributed by atoms with Gasteiger partial charge >= 0.3 is 5.97 Å². The number of fused-ring (bicyclic) bond motifs is 1. The lowest BCUT2D eigenvalue weighted by molar-refractivity contribution is -0.140. The van der Waals surface area contributed by atoms with Crippen molar-refractivity contribution in [3.63, 3.8) is 0 Å². The molecule has 0 saturated carbocycles. The van der Waals surface area contributed by atoms with E-state index in [2.05, 4.69) is 22.8 Å². The smallest absolute Gasteiger partial charge is 0.327 e. The fourth-order valence-electron chi connectivity index (χ4n) is 4.43. The molecule has 2 aliphatic rings. The maximum absolute atomic E-state index is 12.5. The molecule has 2 aliphatic heterocycles. The van der Waals surface area contributed by atoms with E-state index in [0.717, 1.165) is 56.8 Å². The number of nitrogens with zero attached hydrogens (tertiary/aromatic N) is 2. The van der Waals surface area contributed by atoms with Crippen LogP contribution in [0.1, 0.15) is 34.5 Å². The Morgan fingerprint density at radius 1 is 1.23 bits per heavy atom. The number of carboxylic acids is 1. The minimum absolute atomic E-state index is 0.0822. The molecule has 0 aliphatic carbocycles. The average Bonchev–Trinajstić information content (AvgIpc) is 2.81. The monoisotopic (exact) mass is 520 g/mol. The number of pyridine rings is 1. The maximum Gasteiger partial charge on any atom is 0.327 e. The van der Waals surface area contributed by atoms with Crippen LogP contribution >= 0.6 is 23.2 Å². The third kappa shape index (κ3) is 6.85. The predicted octanol–water partition coefficient (Wildman–Crippen LogP) is 3.51. The van der Waals surface area contributed by atoms with Gasteiger partial charge in [-0.25, -0.2) is 9.78 Å². The number of aryl methyl sites for hydroxylation is 2. The van der Waals surface area contributed by atoms with Gasteiger partial charge in [-0.05, 0) is 49.4 Å². The van der Waals surface area contributed by atoms with Gasteiger partial charge in [0.15, 0.2) is 0 Å². The molecule has 4 rings (SSSR count). The first-order valence-corrected chi connectivity index (χ1v) is 12.7. The van der Waals surface area contributed by atoms with Crippen LogP contribution in [0.5, 0.6) is 0 Å². The molecule has 1 amide bonds. The number of aromatic nitrogens is 1. The van der Waals surface area contributed by atoms with Crippen molar-refractivity contribution in [1.82, 2.24) is 15.2 Å². The van der Waals surface area contributed by atoms with Crippen molar-refractivity contribution in [2.24, 2.45) is 5.92 Å². The van der Waals surface area contributed by atoms with Crippen molar-refractivity contribution in [2.45, 2.75) is 31.7 Å². The highest BCUT2D eigenvalue weighted by atomic mass is 35.5. The Bertz CT molecular complexity index is 1040. The van der Waals surface area contributed by atoms with Crippen molar-refractivity contribution in [2.75, 3.05) is 44.7 Å². The Balaban J connectivity index is 1.14. The summed E-state index contributed by atoms with van der Waals surface area (Å²) in [4.78, 5) is 30.9. The number of anilines is 1. The second kappa shape index (κ2) is 12.0. The number of amides is 1. The van der Waals surface area contributed by atoms with Crippen LogP contribution in [0, 0.1) is 5.92 Å². The fraction of sp³-hybridized carbons (Fsp3) is 0.480. The number of carboxylic acid groups (broad SMARTS) is 1. The van der Waals surface area contributed by atoms with E-state index in [-0.39, 0.29) is 22.2 Å². The lowest BCUT2D eigenvalue weighted by atomic mass is 10.0. The molecule has 0 bridgehead atoms. The summed E-state index contributed by atoms with van der Waals surface area (Å²) in [7, 11) is 0. The third-order valence-corrected chi connectivity index (χ3v) is 6.92. The Morgan fingerprint density at radius 2 is 2.00 bits per heavy atom. The van der Waals surface area contributed by atoms with Crippen LogP contribution in [0.25, 0.3) is 0 Å². The standard InChI is InChI=1S/C25H30Cl2N4O4/c26-19-6-1-7-20(27)22(19)24(32)30-21(25(33)34)14-31-12-16(13-31)15-35-11-3-5-18-9-8-17-4-2-10-28-23(17)29-18/h1,6-9,16,21H,2-5,10-15H2,(H,28,29)(H,30,32)(H,33,34). The molecule has 35 heavy (non-hydrogen) atoms. The van der Waals surface area contributed by atoms with Crippen LogP contribution in [0.4, 0.5) is 5.82 Å². The van der Waals surface area contributed by atoms with Crippen LogP contribution in [0.3, 0.4) is 0 Å². The molecule has 1 unspecified atom stereocenters. The van der Waals surface area contributed by atoms with E-state index < -0.39 is 17.9 Å². The van der Waals surface area contributed by atoms with Crippen LogP contribution in [-0.2, 0) is 22.4 Å². The highest BCUT2D eigenvalue weighted by Gasteiger charge is 2.32. The SMILES string of the molecule is O=C(NC(CN1CC(COCCCc2ccc3c(n2)NCCC3)C1)C(=O)O)c1c(Cl)cccc1Cl. The van der Waals surface area contributed by atoms with Crippen LogP contribution in [-0.4, -0.2) is 72.3 Å². The average molecular weight is 521 g/mol. The van der Waals surface area contributed by atoms with Gasteiger partial charge in [0.25, 0.3) is 5.91 Å². The number of rotatable bonds is 11. The van der Waals surface area contributed by atoms with E-state index in [9.17, 15) is 14.7 Å². The lowest BCUT2D eigenvalue weighted by Gasteiger charge is -2.40. The van der Waals surface area contributed by atoms with Crippen molar-refractivity contribution in [3.05, 3.63) is 57.2 Å². The number of hydrogen-bond acceptors (Lipinski definition) is 6. The number of aliphatic carboxylic acids is 1. The number of carbonyl (C=O) groups is 2. The number of nitrogens with one attached hydrogen (secondary N) is 2. The molecular weight excluding hydrogens is 491 g/mol. The van der Waals surface area contributed by atoms with Crippen LogP contribution in [0.15, 0.2) is 30.3 Å². The summed E-state index contributed by atoms with van der Waals surface area (Å²) in [6.07, 6.45) is 4.02. The first-order valence-electron chi connectivity index (χ1n) is 11.9. The van der Waals surface area contributed by atoms with Gasteiger partial charge in [0, 0.05) is 44.4 Å².